The molecular weight excluding hydrogens is 309 g/mol. The van der Waals surface area contributed by atoms with Crippen LogP contribution in [-0.4, -0.2) is 32.6 Å². The van der Waals surface area contributed by atoms with Crippen LogP contribution in [0.2, 0.25) is 0 Å². The highest BCUT2D eigenvalue weighted by Gasteiger charge is 2.15. The van der Waals surface area contributed by atoms with Crippen LogP contribution in [0, 0.1) is 5.82 Å². The number of anilines is 1. The average molecular weight is 325 g/mol. The van der Waals surface area contributed by atoms with Crippen molar-refractivity contribution in [3.05, 3.63) is 53.8 Å². The van der Waals surface area contributed by atoms with E-state index in [0.29, 0.717) is 28.8 Å². The van der Waals surface area contributed by atoms with Crippen molar-refractivity contribution in [2.24, 2.45) is 0 Å². The second-order valence-electron chi connectivity index (χ2n) is 5.79. The van der Waals surface area contributed by atoms with E-state index in [4.69, 9.17) is 9.15 Å². The van der Waals surface area contributed by atoms with Crippen LogP contribution in [0.25, 0.3) is 22.3 Å². The number of furan rings is 1. The quantitative estimate of drug-likeness (QED) is 0.685. The molecule has 1 aromatic heterocycles. The zero-order valence-electron chi connectivity index (χ0n) is 13.0. The molecule has 0 bridgehead atoms. The number of ether oxygens (including phenoxy) is 1. The van der Waals surface area contributed by atoms with Crippen LogP contribution in [0.15, 0.2) is 46.9 Å². The third-order valence-electron chi connectivity index (χ3n) is 4.27. The molecule has 0 spiro atoms. The third kappa shape index (κ3) is 2.67. The van der Waals surface area contributed by atoms with E-state index < -0.39 is 5.82 Å². The Morgan fingerprint density at radius 3 is 2.62 bits per heavy atom. The summed E-state index contributed by atoms with van der Waals surface area (Å²) in [5.41, 5.74) is 2.47. The Kier molecular flexibility index (Phi) is 3.78. The number of fused-ring (bicyclic) bond motifs is 1. The van der Waals surface area contributed by atoms with E-state index in [0.717, 1.165) is 37.4 Å². The van der Waals surface area contributed by atoms with Crippen molar-refractivity contribution in [1.82, 2.24) is 0 Å². The average Bonchev–Trinajstić information content (AvgIpc) is 3.05. The number of benzene rings is 2. The molecule has 4 rings (SSSR count). The third-order valence-corrected chi connectivity index (χ3v) is 4.27. The largest absolute Gasteiger partial charge is 0.456 e. The molecular formula is C19H16FNO3. The van der Waals surface area contributed by atoms with E-state index in [-0.39, 0.29) is 0 Å². The maximum atomic E-state index is 14.2. The van der Waals surface area contributed by atoms with Gasteiger partial charge in [-0.2, -0.15) is 0 Å². The Labute approximate surface area is 138 Å². The Morgan fingerprint density at radius 1 is 1.04 bits per heavy atom. The molecule has 3 aromatic rings. The second-order valence-corrected chi connectivity index (χ2v) is 5.79. The summed E-state index contributed by atoms with van der Waals surface area (Å²) in [5, 5.41) is 0.924. The Morgan fingerprint density at radius 2 is 1.88 bits per heavy atom. The fraction of sp³-hybridized carbons (Fsp3) is 0.211. The fourth-order valence-electron chi connectivity index (χ4n) is 2.99. The highest BCUT2D eigenvalue weighted by atomic mass is 19.1. The van der Waals surface area contributed by atoms with E-state index in [1.807, 2.05) is 24.3 Å². The molecule has 1 saturated heterocycles. The summed E-state index contributed by atoms with van der Waals surface area (Å²) in [6.45, 7) is 3.17. The van der Waals surface area contributed by atoms with Gasteiger partial charge in [0.25, 0.3) is 0 Å². The maximum Gasteiger partial charge on any atom is 0.150 e. The first-order chi connectivity index (χ1) is 11.7. The summed E-state index contributed by atoms with van der Waals surface area (Å²) in [5.74, 6) is -0.00821. The van der Waals surface area contributed by atoms with E-state index in [2.05, 4.69) is 4.90 Å². The zero-order valence-corrected chi connectivity index (χ0v) is 13.0. The van der Waals surface area contributed by atoms with Crippen molar-refractivity contribution in [1.29, 1.82) is 0 Å². The van der Waals surface area contributed by atoms with Crippen molar-refractivity contribution in [3.63, 3.8) is 0 Å². The van der Waals surface area contributed by atoms with Gasteiger partial charge in [0.15, 0.2) is 0 Å². The van der Waals surface area contributed by atoms with Crippen molar-refractivity contribution >= 4 is 22.9 Å². The first-order valence-corrected chi connectivity index (χ1v) is 7.86. The summed E-state index contributed by atoms with van der Waals surface area (Å²) < 4.78 is 25.3. The van der Waals surface area contributed by atoms with Crippen LogP contribution >= 0.6 is 0 Å². The van der Waals surface area contributed by atoms with E-state index in [9.17, 15) is 9.18 Å². The molecule has 1 aliphatic heterocycles. The van der Waals surface area contributed by atoms with Gasteiger partial charge in [-0.3, -0.25) is 4.79 Å². The van der Waals surface area contributed by atoms with Crippen molar-refractivity contribution in [3.8, 4) is 11.3 Å². The van der Waals surface area contributed by atoms with Gasteiger partial charge in [0.2, 0.25) is 0 Å². The first kappa shape index (κ1) is 14.9. The molecule has 0 atom stereocenters. The van der Waals surface area contributed by atoms with Gasteiger partial charge in [-0.05, 0) is 36.4 Å². The number of nitrogens with zero attached hydrogens (tertiary/aromatic N) is 1. The molecule has 1 aliphatic rings. The molecule has 4 nitrogen and oxygen atoms in total. The van der Waals surface area contributed by atoms with Gasteiger partial charge in [-0.1, -0.05) is 6.07 Å². The number of hydrogen-bond acceptors (Lipinski definition) is 4. The Bertz CT molecular complexity index is 897. The SMILES string of the molecule is O=Cc1ccc(-c2cc3cc(N4CCOCC4)ccc3o2)c(F)c1. The number of halogens is 1. The number of carbonyl (C=O) groups excluding carboxylic acids is 1. The lowest BCUT2D eigenvalue weighted by Crippen LogP contribution is -2.36. The molecule has 2 aromatic carbocycles. The maximum absolute atomic E-state index is 14.2. The highest BCUT2D eigenvalue weighted by Crippen LogP contribution is 2.32. The van der Waals surface area contributed by atoms with E-state index in [1.54, 1.807) is 12.1 Å². The molecule has 0 radical (unpaired) electrons. The van der Waals surface area contributed by atoms with Gasteiger partial charge in [0, 0.05) is 29.7 Å². The van der Waals surface area contributed by atoms with Gasteiger partial charge in [-0.15, -0.1) is 0 Å². The highest BCUT2D eigenvalue weighted by molar-refractivity contribution is 5.86. The summed E-state index contributed by atoms with van der Waals surface area (Å²) in [6.07, 6.45) is 0.625. The predicted octanol–water partition coefficient (Wildman–Crippen LogP) is 3.89. The van der Waals surface area contributed by atoms with Crippen LogP contribution in [-0.2, 0) is 4.74 Å². The Balaban J connectivity index is 1.71. The summed E-state index contributed by atoms with van der Waals surface area (Å²) in [7, 11) is 0. The molecule has 5 heteroatoms. The van der Waals surface area contributed by atoms with Crippen LogP contribution in [0.4, 0.5) is 10.1 Å². The molecule has 0 unspecified atom stereocenters. The monoisotopic (exact) mass is 325 g/mol. The number of aldehydes is 1. The van der Waals surface area contributed by atoms with Crippen molar-refractivity contribution in [2.75, 3.05) is 31.2 Å². The lowest BCUT2D eigenvalue weighted by molar-refractivity contribution is 0.112. The number of rotatable bonds is 3. The fourth-order valence-corrected chi connectivity index (χ4v) is 2.99. The van der Waals surface area contributed by atoms with Gasteiger partial charge < -0.3 is 14.1 Å². The molecule has 0 N–H and O–H groups in total. The summed E-state index contributed by atoms with van der Waals surface area (Å²) in [4.78, 5) is 13.0. The number of morpholine rings is 1. The standard InChI is InChI=1S/C19H16FNO3/c20-17-9-13(12-22)1-3-16(17)19-11-14-10-15(2-4-18(14)24-19)21-5-7-23-8-6-21/h1-4,9-12H,5-8H2. The molecule has 2 heterocycles. The van der Waals surface area contributed by atoms with Crippen LogP contribution < -0.4 is 4.90 Å². The van der Waals surface area contributed by atoms with E-state index in [1.165, 1.54) is 6.07 Å². The Hall–Kier alpha value is -2.66. The van der Waals surface area contributed by atoms with Crippen molar-refractivity contribution in [2.45, 2.75) is 0 Å². The minimum Gasteiger partial charge on any atom is -0.456 e. The molecule has 24 heavy (non-hydrogen) atoms. The molecule has 0 amide bonds. The minimum absolute atomic E-state index is 0.307. The van der Waals surface area contributed by atoms with Crippen LogP contribution in [0.3, 0.4) is 0 Å². The first-order valence-electron chi connectivity index (χ1n) is 7.86. The molecule has 0 saturated carbocycles. The summed E-state index contributed by atoms with van der Waals surface area (Å²) >= 11 is 0. The van der Waals surface area contributed by atoms with Crippen molar-refractivity contribution < 1.29 is 18.3 Å². The van der Waals surface area contributed by atoms with Gasteiger partial charge in [0.05, 0.1) is 18.8 Å². The summed E-state index contributed by atoms with van der Waals surface area (Å²) in [6, 6.07) is 12.2. The molecule has 122 valence electrons. The van der Waals surface area contributed by atoms with Gasteiger partial charge in [-0.25, -0.2) is 4.39 Å². The minimum atomic E-state index is -0.466. The predicted molar refractivity (Wildman–Crippen MR) is 90.0 cm³/mol. The van der Waals surface area contributed by atoms with Gasteiger partial charge >= 0.3 is 0 Å². The normalized spacial score (nSPS) is 15.0. The van der Waals surface area contributed by atoms with Gasteiger partial charge in [0.1, 0.15) is 23.4 Å². The lowest BCUT2D eigenvalue weighted by Gasteiger charge is -2.28. The topological polar surface area (TPSA) is 42.7 Å². The van der Waals surface area contributed by atoms with Crippen LogP contribution in [0.5, 0.6) is 0 Å². The zero-order chi connectivity index (χ0) is 16.5. The van der Waals surface area contributed by atoms with Crippen LogP contribution in [0.1, 0.15) is 10.4 Å². The smallest absolute Gasteiger partial charge is 0.150 e. The molecule has 1 fully saturated rings. The molecule has 0 aliphatic carbocycles. The lowest BCUT2D eigenvalue weighted by atomic mass is 10.1. The number of carbonyl (C=O) groups is 1. The number of hydrogen-bond donors (Lipinski definition) is 0. The second kappa shape index (κ2) is 6.09. The van der Waals surface area contributed by atoms with E-state index >= 15 is 0 Å².